The SMILES string of the molecule is CNC1CCCc2sc(N(C)Cc3scnc3C)nc21. The first-order valence-corrected chi connectivity index (χ1v) is 8.65. The van der Waals surface area contributed by atoms with E-state index in [1.165, 1.54) is 34.7 Å². The maximum Gasteiger partial charge on any atom is 0.185 e. The summed E-state index contributed by atoms with van der Waals surface area (Å²) in [5.74, 6) is 0. The summed E-state index contributed by atoms with van der Waals surface area (Å²) in [5.41, 5.74) is 4.32. The molecule has 0 amide bonds. The summed E-state index contributed by atoms with van der Waals surface area (Å²) in [6.45, 7) is 2.97. The van der Waals surface area contributed by atoms with Crippen LogP contribution in [0.3, 0.4) is 0 Å². The van der Waals surface area contributed by atoms with Crippen LogP contribution in [0.2, 0.25) is 0 Å². The van der Waals surface area contributed by atoms with E-state index in [0.717, 1.165) is 17.4 Å². The normalized spacial score (nSPS) is 18.1. The molecule has 1 aliphatic rings. The molecule has 1 unspecified atom stereocenters. The molecule has 0 saturated heterocycles. The molecule has 0 fully saturated rings. The number of thiazole rings is 2. The number of hydrogen-bond donors (Lipinski definition) is 1. The fourth-order valence-electron chi connectivity index (χ4n) is 2.61. The lowest BCUT2D eigenvalue weighted by molar-refractivity contribution is 0.490. The van der Waals surface area contributed by atoms with Crippen molar-refractivity contribution in [3.63, 3.8) is 0 Å². The smallest absolute Gasteiger partial charge is 0.185 e. The number of hydrogen-bond acceptors (Lipinski definition) is 6. The Morgan fingerprint density at radius 1 is 1.50 bits per heavy atom. The summed E-state index contributed by atoms with van der Waals surface area (Å²) in [5, 5.41) is 4.51. The zero-order valence-electron chi connectivity index (χ0n) is 12.1. The highest BCUT2D eigenvalue weighted by atomic mass is 32.1. The van der Waals surface area contributed by atoms with Crippen molar-refractivity contribution in [2.75, 3.05) is 19.0 Å². The van der Waals surface area contributed by atoms with E-state index >= 15 is 0 Å². The van der Waals surface area contributed by atoms with Crippen LogP contribution in [0.25, 0.3) is 0 Å². The Morgan fingerprint density at radius 3 is 3.05 bits per heavy atom. The van der Waals surface area contributed by atoms with Crippen molar-refractivity contribution in [3.05, 3.63) is 26.7 Å². The van der Waals surface area contributed by atoms with Crippen LogP contribution in [0, 0.1) is 6.92 Å². The Bertz CT molecular complexity index is 590. The minimum atomic E-state index is 0.433. The first kappa shape index (κ1) is 14.0. The molecule has 4 nitrogen and oxygen atoms in total. The van der Waals surface area contributed by atoms with Crippen molar-refractivity contribution < 1.29 is 0 Å². The molecule has 20 heavy (non-hydrogen) atoms. The zero-order valence-corrected chi connectivity index (χ0v) is 13.8. The minimum absolute atomic E-state index is 0.433. The Balaban J connectivity index is 1.80. The van der Waals surface area contributed by atoms with E-state index in [1.54, 1.807) is 11.3 Å². The molecular weight excluding hydrogens is 288 g/mol. The first-order valence-electron chi connectivity index (χ1n) is 6.96. The van der Waals surface area contributed by atoms with Crippen molar-refractivity contribution in [1.29, 1.82) is 0 Å². The van der Waals surface area contributed by atoms with Gasteiger partial charge in [0.05, 0.1) is 29.5 Å². The van der Waals surface area contributed by atoms with E-state index in [-0.39, 0.29) is 0 Å². The lowest BCUT2D eigenvalue weighted by Gasteiger charge is -2.19. The monoisotopic (exact) mass is 308 g/mol. The fraction of sp³-hybridized carbons (Fsp3) is 0.571. The average Bonchev–Trinajstić information content (AvgIpc) is 3.05. The summed E-state index contributed by atoms with van der Waals surface area (Å²) in [6.07, 6.45) is 3.64. The molecular formula is C14H20N4S2. The van der Waals surface area contributed by atoms with Gasteiger partial charge in [0.25, 0.3) is 0 Å². The second-order valence-electron chi connectivity index (χ2n) is 5.26. The molecule has 2 aromatic heterocycles. The van der Waals surface area contributed by atoms with E-state index in [0.29, 0.717) is 6.04 Å². The second kappa shape index (κ2) is 5.79. The molecule has 0 radical (unpaired) electrons. The molecule has 2 heterocycles. The van der Waals surface area contributed by atoms with E-state index in [9.17, 15) is 0 Å². The third-order valence-electron chi connectivity index (χ3n) is 3.84. The zero-order chi connectivity index (χ0) is 14.1. The van der Waals surface area contributed by atoms with Crippen LogP contribution in [-0.4, -0.2) is 24.1 Å². The largest absolute Gasteiger partial charge is 0.346 e. The molecule has 108 valence electrons. The highest BCUT2D eigenvalue weighted by molar-refractivity contribution is 7.15. The molecule has 0 aliphatic heterocycles. The Labute approximate surface area is 127 Å². The van der Waals surface area contributed by atoms with Gasteiger partial charge in [-0.2, -0.15) is 0 Å². The van der Waals surface area contributed by atoms with E-state index in [4.69, 9.17) is 4.98 Å². The van der Waals surface area contributed by atoms with Gasteiger partial charge in [0.1, 0.15) is 0 Å². The van der Waals surface area contributed by atoms with Gasteiger partial charge in [-0.3, -0.25) is 0 Å². The first-order chi connectivity index (χ1) is 9.69. The number of nitrogens with zero attached hydrogens (tertiary/aromatic N) is 3. The van der Waals surface area contributed by atoms with Crippen molar-refractivity contribution in [1.82, 2.24) is 15.3 Å². The topological polar surface area (TPSA) is 41.0 Å². The predicted octanol–water partition coefficient (Wildman–Crippen LogP) is 3.14. The Hall–Kier alpha value is -0.980. The lowest BCUT2D eigenvalue weighted by atomic mass is 9.98. The number of aromatic nitrogens is 2. The lowest BCUT2D eigenvalue weighted by Crippen LogP contribution is -2.21. The van der Waals surface area contributed by atoms with Crippen molar-refractivity contribution in [2.45, 2.75) is 38.8 Å². The molecule has 3 rings (SSSR count). The molecule has 1 N–H and O–H groups in total. The number of fused-ring (bicyclic) bond motifs is 1. The molecule has 6 heteroatoms. The highest BCUT2D eigenvalue weighted by Gasteiger charge is 2.24. The van der Waals surface area contributed by atoms with Gasteiger partial charge in [-0.05, 0) is 33.2 Å². The summed E-state index contributed by atoms with van der Waals surface area (Å²) in [4.78, 5) is 14.2. The van der Waals surface area contributed by atoms with Gasteiger partial charge in [0.15, 0.2) is 5.13 Å². The van der Waals surface area contributed by atoms with Crippen LogP contribution in [0.1, 0.15) is 40.0 Å². The van der Waals surface area contributed by atoms with Gasteiger partial charge in [0.2, 0.25) is 0 Å². The van der Waals surface area contributed by atoms with Crippen molar-refractivity contribution in [3.8, 4) is 0 Å². The highest BCUT2D eigenvalue weighted by Crippen LogP contribution is 2.36. The third kappa shape index (κ3) is 2.60. The Kier molecular flexibility index (Phi) is 4.05. The number of nitrogens with one attached hydrogen (secondary N) is 1. The summed E-state index contributed by atoms with van der Waals surface area (Å²) in [7, 11) is 4.15. The van der Waals surface area contributed by atoms with Crippen molar-refractivity contribution >= 4 is 27.8 Å². The molecule has 0 aromatic carbocycles. The molecule has 1 aliphatic carbocycles. The average molecular weight is 308 g/mol. The quantitative estimate of drug-likeness (QED) is 0.942. The van der Waals surface area contributed by atoms with Gasteiger partial charge >= 0.3 is 0 Å². The van der Waals surface area contributed by atoms with Crippen LogP contribution < -0.4 is 10.2 Å². The summed E-state index contributed by atoms with van der Waals surface area (Å²) >= 11 is 3.57. The van der Waals surface area contributed by atoms with Crippen LogP contribution in [0.5, 0.6) is 0 Å². The van der Waals surface area contributed by atoms with E-state index < -0.39 is 0 Å². The minimum Gasteiger partial charge on any atom is -0.346 e. The third-order valence-corrected chi connectivity index (χ3v) is 6.01. The molecule has 0 bridgehead atoms. The fourth-order valence-corrected chi connectivity index (χ4v) is 4.56. The summed E-state index contributed by atoms with van der Waals surface area (Å²) < 4.78 is 0. The van der Waals surface area contributed by atoms with Gasteiger partial charge in [-0.25, -0.2) is 9.97 Å². The van der Waals surface area contributed by atoms with Gasteiger partial charge < -0.3 is 10.2 Å². The van der Waals surface area contributed by atoms with Crippen LogP contribution in [0.4, 0.5) is 5.13 Å². The van der Waals surface area contributed by atoms with E-state index in [2.05, 4.69) is 29.2 Å². The number of rotatable bonds is 4. The standard InChI is InChI=1S/C14H20N4S2/c1-9-12(19-8-16-9)7-18(3)14-17-13-10(15-2)5-4-6-11(13)20-14/h8,10,15H,4-7H2,1-3H3. The maximum absolute atomic E-state index is 4.88. The van der Waals surface area contributed by atoms with Crippen molar-refractivity contribution in [2.24, 2.45) is 0 Å². The number of aryl methyl sites for hydroxylation is 2. The molecule has 1 atom stereocenters. The number of anilines is 1. The van der Waals surface area contributed by atoms with Crippen LogP contribution in [0.15, 0.2) is 5.51 Å². The van der Waals surface area contributed by atoms with Crippen LogP contribution >= 0.6 is 22.7 Å². The van der Waals surface area contributed by atoms with Gasteiger partial charge in [0, 0.05) is 16.8 Å². The molecule has 0 saturated carbocycles. The predicted molar refractivity (Wildman–Crippen MR) is 85.8 cm³/mol. The van der Waals surface area contributed by atoms with Gasteiger partial charge in [-0.1, -0.05) is 0 Å². The Morgan fingerprint density at radius 2 is 2.35 bits per heavy atom. The maximum atomic E-state index is 4.88. The van der Waals surface area contributed by atoms with Gasteiger partial charge in [-0.15, -0.1) is 22.7 Å². The van der Waals surface area contributed by atoms with Crippen LogP contribution in [-0.2, 0) is 13.0 Å². The summed E-state index contributed by atoms with van der Waals surface area (Å²) in [6, 6.07) is 0.433. The second-order valence-corrected chi connectivity index (χ2v) is 7.26. The molecule has 0 spiro atoms. The molecule has 2 aromatic rings. The van der Waals surface area contributed by atoms with E-state index in [1.807, 2.05) is 23.9 Å².